The Kier molecular flexibility index (Phi) is 6.07. The predicted molar refractivity (Wildman–Crippen MR) is 69.2 cm³/mol. The Morgan fingerprint density at radius 2 is 1.83 bits per heavy atom. The maximum absolute atomic E-state index is 13.1. The van der Waals surface area contributed by atoms with Gasteiger partial charge < -0.3 is 0 Å². The van der Waals surface area contributed by atoms with Gasteiger partial charge in [0.05, 0.1) is 6.54 Å². The van der Waals surface area contributed by atoms with Crippen molar-refractivity contribution in [2.45, 2.75) is 12.7 Å². The summed E-state index contributed by atoms with van der Waals surface area (Å²) in [5.41, 5.74) is 0.507. The van der Waals surface area contributed by atoms with Gasteiger partial charge in [-0.2, -0.15) is 13.2 Å². The molecule has 0 fully saturated rings. The fourth-order valence-corrected chi connectivity index (χ4v) is 2.56. The molecule has 1 nitrogen and oxygen atoms in total. The van der Waals surface area contributed by atoms with E-state index in [0.717, 1.165) is 0 Å². The maximum atomic E-state index is 13.1. The lowest BCUT2D eigenvalue weighted by Gasteiger charge is -2.22. The molecule has 0 atom stereocenters. The maximum Gasteiger partial charge on any atom is 0.401 e. The highest BCUT2D eigenvalue weighted by atomic mass is 79.9. The Morgan fingerprint density at radius 1 is 1.17 bits per heavy atom. The van der Waals surface area contributed by atoms with Gasteiger partial charge in [-0.3, -0.25) is 4.90 Å². The summed E-state index contributed by atoms with van der Waals surface area (Å²) in [5, 5.41) is 0.430. The predicted octanol–water partition coefficient (Wildman–Crippen LogP) is 4.35. The highest BCUT2D eigenvalue weighted by Gasteiger charge is 2.30. The van der Waals surface area contributed by atoms with Gasteiger partial charge in [-0.15, -0.1) is 0 Å². The molecule has 0 bridgehead atoms. The van der Waals surface area contributed by atoms with Gasteiger partial charge in [0.2, 0.25) is 0 Å². The van der Waals surface area contributed by atoms with E-state index >= 15 is 0 Å². The molecule has 0 aromatic heterocycles. The summed E-state index contributed by atoms with van der Waals surface area (Å²) in [6.45, 7) is -0.707. The molecule has 102 valence electrons. The molecule has 1 aromatic carbocycles. The van der Waals surface area contributed by atoms with Crippen LogP contribution in [-0.4, -0.2) is 29.5 Å². The monoisotopic (exact) mass is 391 g/mol. The van der Waals surface area contributed by atoms with E-state index in [1.807, 2.05) is 0 Å². The third-order valence-electron chi connectivity index (χ3n) is 2.13. The lowest BCUT2D eigenvalue weighted by Crippen LogP contribution is -2.35. The molecule has 0 N–H and O–H groups in total. The number of halogens is 6. The SMILES string of the molecule is Fc1cc(Br)cc(CN(CCBr)CC(F)(F)F)c1. The molecule has 0 saturated heterocycles. The van der Waals surface area contributed by atoms with Crippen LogP contribution < -0.4 is 0 Å². The molecule has 0 aliphatic carbocycles. The van der Waals surface area contributed by atoms with Crippen LogP contribution in [0.3, 0.4) is 0 Å². The quantitative estimate of drug-likeness (QED) is 0.532. The first-order valence-electron chi connectivity index (χ1n) is 5.10. The van der Waals surface area contributed by atoms with Crippen LogP contribution in [0.25, 0.3) is 0 Å². The second-order valence-corrected chi connectivity index (χ2v) is 5.50. The zero-order valence-corrected chi connectivity index (χ0v) is 12.4. The van der Waals surface area contributed by atoms with Crippen molar-refractivity contribution < 1.29 is 17.6 Å². The average molecular weight is 393 g/mol. The first-order chi connectivity index (χ1) is 8.30. The van der Waals surface area contributed by atoms with Crippen molar-refractivity contribution >= 4 is 31.9 Å². The van der Waals surface area contributed by atoms with Crippen molar-refractivity contribution in [3.05, 3.63) is 34.1 Å². The number of hydrogen-bond acceptors (Lipinski definition) is 1. The summed E-state index contributed by atoms with van der Waals surface area (Å²) in [7, 11) is 0. The molecule has 0 unspecified atom stereocenters. The third-order valence-corrected chi connectivity index (χ3v) is 2.94. The van der Waals surface area contributed by atoms with Crippen LogP contribution in [0.5, 0.6) is 0 Å². The molecule has 0 aliphatic heterocycles. The number of rotatable bonds is 5. The van der Waals surface area contributed by atoms with Gasteiger partial charge in [0.1, 0.15) is 5.82 Å². The lowest BCUT2D eigenvalue weighted by molar-refractivity contribution is -0.146. The van der Waals surface area contributed by atoms with Gasteiger partial charge >= 0.3 is 6.18 Å². The minimum Gasteiger partial charge on any atom is -0.290 e. The molecular weight excluding hydrogens is 382 g/mol. The van der Waals surface area contributed by atoms with E-state index in [1.165, 1.54) is 17.0 Å². The van der Waals surface area contributed by atoms with Crippen molar-refractivity contribution in [2.75, 3.05) is 18.4 Å². The molecule has 0 heterocycles. The Balaban J connectivity index is 2.76. The van der Waals surface area contributed by atoms with Crippen molar-refractivity contribution in [2.24, 2.45) is 0 Å². The fourth-order valence-electron chi connectivity index (χ4n) is 1.55. The summed E-state index contributed by atoms with van der Waals surface area (Å²) in [6, 6.07) is 4.12. The van der Waals surface area contributed by atoms with Crippen LogP contribution in [-0.2, 0) is 6.54 Å². The standard InChI is InChI=1S/C11H11Br2F4N/c12-1-2-18(7-11(15,16)17)6-8-3-9(13)5-10(14)4-8/h3-5H,1-2,6-7H2. The van der Waals surface area contributed by atoms with Crippen molar-refractivity contribution in [1.82, 2.24) is 4.90 Å². The number of nitrogens with zero attached hydrogens (tertiary/aromatic N) is 1. The van der Waals surface area contributed by atoms with Crippen molar-refractivity contribution in [1.29, 1.82) is 0 Å². The van der Waals surface area contributed by atoms with Gasteiger partial charge in [0.25, 0.3) is 0 Å². The third kappa shape index (κ3) is 6.15. The van der Waals surface area contributed by atoms with Gasteiger partial charge in [-0.25, -0.2) is 4.39 Å². The van der Waals surface area contributed by atoms with E-state index < -0.39 is 18.5 Å². The molecule has 1 aromatic rings. The molecule has 1 rings (SSSR count). The van der Waals surface area contributed by atoms with E-state index in [2.05, 4.69) is 31.9 Å². The molecule has 0 spiro atoms. The Bertz CT molecular complexity index is 375. The second-order valence-electron chi connectivity index (χ2n) is 3.79. The summed E-state index contributed by atoms with van der Waals surface area (Å²) in [5.74, 6) is -0.467. The van der Waals surface area contributed by atoms with Gasteiger partial charge in [-0.05, 0) is 23.8 Å². The Labute approximate surface area is 119 Å². The summed E-state index contributed by atoms with van der Waals surface area (Å²) >= 11 is 6.22. The van der Waals surface area contributed by atoms with E-state index in [4.69, 9.17) is 0 Å². The molecule has 0 radical (unpaired) electrons. The summed E-state index contributed by atoms with van der Waals surface area (Å²) in [6.07, 6.45) is -4.26. The summed E-state index contributed by atoms with van der Waals surface area (Å²) in [4.78, 5) is 1.22. The van der Waals surface area contributed by atoms with Crippen LogP contribution in [0.15, 0.2) is 22.7 Å². The Hall–Kier alpha value is -0.140. The van der Waals surface area contributed by atoms with Crippen molar-refractivity contribution in [3.8, 4) is 0 Å². The molecule has 18 heavy (non-hydrogen) atoms. The Morgan fingerprint density at radius 3 is 2.33 bits per heavy atom. The molecule has 0 amide bonds. The largest absolute Gasteiger partial charge is 0.401 e. The zero-order chi connectivity index (χ0) is 13.8. The number of benzene rings is 1. The highest BCUT2D eigenvalue weighted by Crippen LogP contribution is 2.20. The van der Waals surface area contributed by atoms with Gasteiger partial charge in [0, 0.05) is 22.9 Å². The van der Waals surface area contributed by atoms with Gasteiger partial charge in [0.15, 0.2) is 0 Å². The topological polar surface area (TPSA) is 3.24 Å². The zero-order valence-electron chi connectivity index (χ0n) is 9.28. The second kappa shape index (κ2) is 6.86. The number of hydrogen-bond donors (Lipinski definition) is 0. The van der Waals surface area contributed by atoms with Crippen LogP contribution in [0.2, 0.25) is 0 Å². The normalized spacial score (nSPS) is 12.2. The average Bonchev–Trinajstić information content (AvgIpc) is 2.12. The van der Waals surface area contributed by atoms with Crippen LogP contribution in [0, 0.1) is 5.82 Å². The summed E-state index contributed by atoms with van der Waals surface area (Å²) < 4.78 is 50.7. The minimum atomic E-state index is -4.26. The van der Waals surface area contributed by atoms with E-state index in [0.29, 0.717) is 15.4 Å². The highest BCUT2D eigenvalue weighted by molar-refractivity contribution is 9.10. The molecule has 0 saturated carbocycles. The molecule has 0 aliphatic rings. The van der Waals surface area contributed by atoms with E-state index in [-0.39, 0.29) is 13.1 Å². The lowest BCUT2D eigenvalue weighted by atomic mass is 10.2. The first kappa shape index (κ1) is 15.9. The van der Waals surface area contributed by atoms with Crippen LogP contribution in [0.4, 0.5) is 17.6 Å². The smallest absolute Gasteiger partial charge is 0.290 e. The molecule has 7 heteroatoms. The van der Waals surface area contributed by atoms with Gasteiger partial charge in [-0.1, -0.05) is 31.9 Å². The number of alkyl halides is 4. The van der Waals surface area contributed by atoms with Crippen LogP contribution in [0.1, 0.15) is 5.56 Å². The van der Waals surface area contributed by atoms with Crippen molar-refractivity contribution in [3.63, 3.8) is 0 Å². The molecular formula is C11H11Br2F4N. The van der Waals surface area contributed by atoms with Crippen LogP contribution >= 0.6 is 31.9 Å². The minimum absolute atomic E-state index is 0.0570. The van der Waals surface area contributed by atoms with E-state index in [9.17, 15) is 17.6 Å². The van der Waals surface area contributed by atoms with E-state index in [1.54, 1.807) is 6.07 Å². The first-order valence-corrected chi connectivity index (χ1v) is 7.01. The fraction of sp³-hybridized carbons (Fsp3) is 0.455.